The van der Waals surface area contributed by atoms with Gasteiger partial charge in [-0.2, -0.15) is 0 Å². The average molecular weight is 618 g/mol. The van der Waals surface area contributed by atoms with Crippen LogP contribution < -0.4 is 16.1 Å². The fraction of sp³-hybridized carbons (Fsp3) is 0.833. The van der Waals surface area contributed by atoms with E-state index in [1.54, 1.807) is 0 Å². The zero-order chi connectivity index (χ0) is 32.0. The van der Waals surface area contributed by atoms with E-state index < -0.39 is 23.9 Å². The number of aliphatic carboxylic acids is 2. The number of carboxylic acids is 2. The highest BCUT2D eigenvalue weighted by Crippen LogP contribution is 2.14. The van der Waals surface area contributed by atoms with Crippen LogP contribution in [0.5, 0.6) is 0 Å². The monoisotopic (exact) mass is 617 g/mol. The molecule has 5 N–H and O–H groups in total. The van der Waals surface area contributed by atoms with Gasteiger partial charge in [-0.05, 0) is 19.3 Å². The molecule has 13 nitrogen and oxygen atoms in total. The van der Waals surface area contributed by atoms with Crippen molar-refractivity contribution in [2.75, 3.05) is 40.1 Å². The molecule has 0 rings (SSSR count). The molecule has 0 aromatic rings. The topological polar surface area (TPSA) is 190 Å². The Morgan fingerprint density at radius 1 is 0.605 bits per heavy atom. The van der Waals surface area contributed by atoms with Gasteiger partial charge in [0.05, 0.1) is 26.9 Å². The van der Waals surface area contributed by atoms with Crippen molar-refractivity contribution < 1.29 is 48.5 Å². The maximum absolute atomic E-state index is 12.2. The van der Waals surface area contributed by atoms with Crippen LogP contribution in [0.4, 0.5) is 0 Å². The molecule has 0 unspecified atom stereocenters. The smallest absolute Gasteiger partial charge is 0.326 e. The van der Waals surface area contributed by atoms with E-state index >= 15 is 0 Å². The molecule has 1 atom stereocenters. The molecule has 0 heterocycles. The molecule has 0 aromatic carbocycles. The summed E-state index contributed by atoms with van der Waals surface area (Å²) in [5.41, 5.74) is 2.12. The van der Waals surface area contributed by atoms with Gasteiger partial charge in [0.2, 0.25) is 11.8 Å². The second-order valence-electron chi connectivity index (χ2n) is 10.6. The molecular weight excluding hydrogens is 562 g/mol. The van der Waals surface area contributed by atoms with Gasteiger partial charge in [-0.1, -0.05) is 77.0 Å². The molecule has 0 saturated heterocycles. The highest BCUT2D eigenvalue weighted by Gasteiger charge is 2.20. The second kappa shape index (κ2) is 29.3. The first-order valence-electron chi connectivity index (χ1n) is 15.7. The minimum atomic E-state index is -1.17. The molecule has 0 spiro atoms. The van der Waals surface area contributed by atoms with Gasteiger partial charge in [0.25, 0.3) is 5.91 Å². The largest absolute Gasteiger partial charge is 0.481 e. The van der Waals surface area contributed by atoms with Crippen molar-refractivity contribution >= 4 is 29.7 Å². The predicted octanol–water partition coefficient (Wildman–Crippen LogP) is 3.49. The molecule has 0 fully saturated rings. The molecule has 3 amide bonds. The summed E-state index contributed by atoms with van der Waals surface area (Å²) in [6.45, 7) is 0.766. The Morgan fingerprint density at radius 3 is 1.63 bits per heavy atom. The number of hydrogen-bond donors (Lipinski definition) is 5. The fourth-order valence-corrected chi connectivity index (χ4v) is 4.36. The van der Waals surface area contributed by atoms with Crippen molar-refractivity contribution in [3.63, 3.8) is 0 Å². The first-order valence-corrected chi connectivity index (χ1v) is 15.7. The quantitative estimate of drug-likeness (QED) is 0.0569. The third kappa shape index (κ3) is 29.1. The Labute approximate surface area is 256 Å². The van der Waals surface area contributed by atoms with Gasteiger partial charge >= 0.3 is 11.9 Å². The van der Waals surface area contributed by atoms with Gasteiger partial charge in [-0.3, -0.25) is 24.0 Å². The lowest BCUT2D eigenvalue weighted by molar-refractivity contribution is -0.142. The lowest BCUT2D eigenvalue weighted by atomic mass is 10.0. The number of hydrogen-bond acceptors (Lipinski definition) is 8. The standard InChI is InChI=1S/C30H55N3O10/c1-41-33-28(36)24-43-23-22-42-21-20-31-26(34)19-18-25(30(39)40)32-27(35)16-14-12-10-8-6-4-2-3-5-7-9-11-13-15-17-29(37)38/h25H,2-24H2,1H3,(H,31,34)(H,32,35)(H,33,36)(H,37,38)(H,39,40)/t25-/m0/s1. The average Bonchev–Trinajstić information content (AvgIpc) is 2.96. The number of rotatable bonds is 31. The third-order valence-corrected chi connectivity index (χ3v) is 6.73. The number of carboxylic acid groups (broad SMARTS) is 2. The van der Waals surface area contributed by atoms with E-state index in [1.165, 1.54) is 52.1 Å². The summed E-state index contributed by atoms with van der Waals surface area (Å²) in [4.78, 5) is 61.7. The van der Waals surface area contributed by atoms with E-state index in [1.807, 2.05) is 0 Å². The minimum absolute atomic E-state index is 0.00205. The molecule has 0 radical (unpaired) electrons. The summed E-state index contributed by atoms with van der Waals surface area (Å²) in [5.74, 6) is -2.93. The third-order valence-electron chi connectivity index (χ3n) is 6.73. The molecule has 250 valence electrons. The normalized spacial score (nSPS) is 11.6. The van der Waals surface area contributed by atoms with Crippen LogP contribution in [0.2, 0.25) is 0 Å². The van der Waals surface area contributed by atoms with Crippen LogP contribution in [0.25, 0.3) is 0 Å². The zero-order valence-corrected chi connectivity index (χ0v) is 26.0. The van der Waals surface area contributed by atoms with E-state index in [4.69, 9.17) is 14.6 Å². The molecule has 43 heavy (non-hydrogen) atoms. The van der Waals surface area contributed by atoms with Gasteiger partial charge < -0.3 is 30.3 Å². The first kappa shape index (κ1) is 40.2. The van der Waals surface area contributed by atoms with Gasteiger partial charge in [-0.15, -0.1) is 0 Å². The number of carbonyl (C=O) groups excluding carboxylic acids is 3. The number of hydroxylamine groups is 1. The highest BCUT2D eigenvalue weighted by atomic mass is 16.6. The van der Waals surface area contributed by atoms with Crippen molar-refractivity contribution in [2.24, 2.45) is 0 Å². The van der Waals surface area contributed by atoms with E-state index in [2.05, 4.69) is 21.0 Å². The Morgan fingerprint density at radius 2 is 1.12 bits per heavy atom. The molecule has 0 aliphatic rings. The molecule has 0 aliphatic carbocycles. The van der Waals surface area contributed by atoms with Crippen molar-refractivity contribution in [2.45, 2.75) is 122 Å². The predicted molar refractivity (Wildman–Crippen MR) is 160 cm³/mol. The molecule has 13 heteroatoms. The number of nitrogens with one attached hydrogen (secondary N) is 3. The van der Waals surface area contributed by atoms with Crippen LogP contribution in [-0.2, 0) is 38.3 Å². The Hall–Kier alpha value is -2.77. The second-order valence-corrected chi connectivity index (χ2v) is 10.6. The van der Waals surface area contributed by atoms with Gasteiger partial charge in [0, 0.05) is 25.8 Å². The van der Waals surface area contributed by atoms with Crippen LogP contribution in [0.15, 0.2) is 0 Å². The molecule has 0 aliphatic heterocycles. The Bertz CT molecular complexity index is 766. The summed E-state index contributed by atoms with van der Waals surface area (Å²) < 4.78 is 10.4. The van der Waals surface area contributed by atoms with Gasteiger partial charge in [-0.25, -0.2) is 10.3 Å². The molecule has 0 aromatic heterocycles. The van der Waals surface area contributed by atoms with Crippen LogP contribution in [-0.4, -0.2) is 86.0 Å². The van der Waals surface area contributed by atoms with Gasteiger partial charge in [0.15, 0.2) is 0 Å². The number of amides is 3. The van der Waals surface area contributed by atoms with E-state index in [9.17, 15) is 29.1 Å². The van der Waals surface area contributed by atoms with Crippen molar-refractivity contribution in [1.29, 1.82) is 0 Å². The SMILES string of the molecule is CONC(=O)COCCOCCNC(=O)CC[C@H](NC(=O)CCCCCCCCCCCCCCCCC(=O)O)C(=O)O. The van der Waals surface area contributed by atoms with Crippen LogP contribution in [0.3, 0.4) is 0 Å². The molecule has 0 bridgehead atoms. The van der Waals surface area contributed by atoms with Crippen LogP contribution in [0.1, 0.15) is 116 Å². The Balaban J connectivity index is 3.67. The van der Waals surface area contributed by atoms with E-state index in [-0.39, 0.29) is 70.5 Å². The summed E-state index contributed by atoms with van der Waals surface area (Å²) >= 11 is 0. The zero-order valence-electron chi connectivity index (χ0n) is 26.0. The summed E-state index contributed by atoms with van der Waals surface area (Å²) in [6, 6.07) is -1.11. The Kier molecular flexibility index (Phi) is 27.4. The lowest BCUT2D eigenvalue weighted by Crippen LogP contribution is -2.41. The number of carbonyl (C=O) groups is 5. The molecular formula is C30H55N3O10. The van der Waals surface area contributed by atoms with Gasteiger partial charge in [0.1, 0.15) is 12.6 Å². The van der Waals surface area contributed by atoms with Crippen LogP contribution >= 0.6 is 0 Å². The maximum atomic E-state index is 12.2. The maximum Gasteiger partial charge on any atom is 0.326 e. The summed E-state index contributed by atoms with van der Waals surface area (Å²) in [5, 5.41) is 23.2. The summed E-state index contributed by atoms with van der Waals surface area (Å²) in [6.07, 6.45) is 15.7. The van der Waals surface area contributed by atoms with Crippen molar-refractivity contribution in [1.82, 2.24) is 16.1 Å². The van der Waals surface area contributed by atoms with Crippen molar-refractivity contribution in [3.05, 3.63) is 0 Å². The minimum Gasteiger partial charge on any atom is -0.481 e. The fourth-order valence-electron chi connectivity index (χ4n) is 4.36. The lowest BCUT2D eigenvalue weighted by Gasteiger charge is -2.14. The van der Waals surface area contributed by atoms with Crippen LogP contribution in [0, 0.1) is 0 Å². The van der Waals surface area contributed by atoms with E-state index in [0.29, 0.717) is 6.42 Å². The first-order chi connectivity index (χ1) is 20.8. The molecule has 0 saturated carbocycles. The number of unbranched alkanes of at least 4 members (excludes halogenated alkanes) is 13. The highest BCUT2D eigenvalue weighted by molar-refractivity contribution is 5.84. The summed E-state index contributed by atoms with van der Waals surface area (Å²) in [7, 11) is 1.32. The number of ether oxygens (including phenoxy) is 2. The van der Waals surface area contributed by atoms with Crippen molar-refractivity contribution in [3.8, 4) is 0 Å². The van der Waals surface area contributed by atoms with E-state index in [0.717, 1.165) is 38.5 Å².